The number of piperidine rings is 1. The van der Waals surface area contributed by atoms with E-state index < -0.39 is 0 Å². The average molecular weight is 420 g/mol. The van der Waals surface area contributed by atoms with Gasteiger partial charge in [-0.2, -0.15) is 0 Å². The van der Waals surface area contributed by atoms with E-state index in [1.807, 2.05) is 12.1 Å². The Morgan fingerprint density at radius 3 is 2.83 bits per heavy atom. The lowest BCUT2D eigenvalue weighted by molar-refractivity contribution is -0.0721. The van der Waals surface area contributed by atoms with E-state index in [1.165, 1.54) is 12.8 Å². The highest BCUT2D eigenvalue weighted by atomic mass is 16.5. The smallest absolute Gasteiger partial charge is 0.193 e. The topological polar surface area (TPSA) is 68.5 Å². The second-order valence-corrected chi connectivity index (χ2v) is 8.66. The SMILES string of the molecule is c1coc(CCNC(=NCC2CCOC2)N2CCC(OCC3CCCCO3)CC2)c1. The summed E-state index contributed by atoms with van der Waals surface area (Å²) < 4.78 is 23.0. The lowest BCUT2D eigenvalue weighted by Gasteiger charge is -2.35. The number of likely N-dealkylation sites (tertiary alicyclic amines) is 1. The molecule has 0 amide bonds. The Kier molecular flexibility index (Phi) is 8.46. The highest BCUT2D eigenvalue weighted by Crippen LogP contribution is 2.18. The molecule has 0 spiro atoms. The molecule has 0 bridgehead atoms. The summed E-state index contributed by atoms with van der Waals surface area (Å²) in [6.45, 7) is 6.95. The minimum absolute atomic E-state index is 0.297. The second-order valence-electron chi connectivity index (χ2n) is 8.66. The molecule has 1 aromatic heterocycles. The highest BCUT2D eigenvalue weighted by Gasteiger charge is 2.24. The van der Waals surface area contributed by atoms with E-state index >= 15 is 0 Å². The fourth-order valence-corrected chi connectivity index (χ4v) is 4.38. The third-order valence-corrected chi connectivity index (χ3v) is 6.29. The number of ether oxygens (including phenoxy) is 3. The van der Waals surface area contributed by atoms with Crippen molar-refractivity contribution in [2.24, 2.45) is 10.9 Å². The van der Waals surface area contributed by atoms with Gasteiger partial charge in [-0.25, -0.2) is 0 Å². The normalized spacial score (nSPS) is 26.3. The maximum absolute atomic E-state index is 6.18. The number of aliphatic imine (C=N–C) groups is 1. The summed E-state index contributed by atoms with van der Waals surface area (Å²) in [5, 5.41) is 3.56. The summed E-state index contributed by atoms with van der Waals surface area (Å²) in [4.78, 5) is 7.34. The molecule has 0 aromatic carbocycles. The first-order valence-corrected chi connectivity index (χ1v) is 11.7. The van der Waals surface area contributed by atoms with Crippen LogP contribution in [0.1, 0.15) is 44.3 Å². The Balaban J connectivity index is 1.24. The lowest BCUT2D eigenvalue weighted by Crippen LogP contribution is -2.48. The molecule has 4 heterocycles. The van der Waals surface area contributed by atoms with E-state index in [0.717, 1.165) is 96.4 Å². The Morgan fingerprint density at radius 2 is 2.10 bits per heavy atom. The van der Waals surface area contributed by atoms with Gasteiger partial charge in [0.1, 0.15) is 5.76 Å². The Labute approximate surface area is 180 Å². The van der Waals surface area contributed by atoms with Crippen LogP contribution in [-0.4, -0.2) is 75.7 Å². The zero-order valence-electron chi connectivity index (χ0n) is 18.1. The van der Waals surface area contributed by atoms with Crippen molar-refractivity contribution in [1.82, 2.24) is 10.2 Å². The lowest BCUT2D eigenvalue weighted by atomic mass is 10.1. The third-order valence-electron chi connectivity index (χ3n) is 6.29. The van der Waals surface area contributed by atoms with Gasteiger partial charge in [-0.1, -0.05) is 0 Å². The van der Waals surface area contributed by atoms with E-state index in [2.05, 4.69) is 10.2 Å². The van der Waals surface area contributed by atoms with Crippen molar-refractivity contribution >= 4 is 5.96 Å². The van der Waals surface area contributed by atoms with Gasteiger partial charge in [0.05, 0.1) is 31.7 Å². The molecule has 1 aromatic rings. The summed E-state index contributed by atoms with van der Waals surface area (Å²) in [6, 6.07) is 3.96. The molecule has 168 valence electrons. The van der Waals surface area contributed by atoms with Gasteiger partial charge in [0.2, 0.25) is 0 Å². The van der Waals surface area contributed by atoms with E-state index in [9.17, 15) is 0 Å². The highest BCUT2D eigenvalue weighted by molar-refractivity contribution is 5.80. The average Bonchev–Trinajstić information content (AvgIpc) is 3.50. The Hall–Kier alpha value is -1.57. The quantitative estimate of drug-likeness (QED) is 0.516. The van der Waals surface area contributed by atoms with Crippen molar-refractivity contribution in [2.75, 3.05) is 52.6 Å². The molecule has 3 fully saturated rings. The molecule has 4 rings (SSSR count). The molecule has 0 saturated carbocycles. The number of furan rings is 1. The molecule has 2 atom stereocenters. The molecule has 7 nitrogen and oxygen atoms in total. The van der Waals surface area contributed by atoms with Gasteiger partial charge in [-0.05, 0) is 50.7 Å². The molecule has 1 N–H and O–H groups in total. The predicted molar refractivity (Wildman–Crippen MR) is 116 cm³/mol. The first-order chi connectivity index (χ1) is 14.9. The van der Waals surface area contributed by atoms with E-state index in [1.54, 1.807) is 6.26 Å². The zero-order chi connectivity index (χ0) is 20.4. The summed E-state index contributed by atoms with van der Waals surface area (Å²) in [5.74, 6) is 2.56. The summed E-state index contributed by atoms with van der Waals surface area (Å²) in [6.07, 6.45) is 10.0. The molecular weight excluding hydrogens is 382 g/mol. The molecular formula is C23H37N3O4. The van der Waals surface area contributed by atoms with E-state index in [4.69, 9.17) is 23.6 Å². The van der Waals surface area contributed by atoms with Crippen LogP contribution < -0.4 is 5.32 Å². The molecule has 3 saturated heterocycles. The number of guanidine groups is 1. The van der Waals surface area contributed by atoms with Crippen molar-refractivity contribution < 1.29 is 18.6 Å². The number of nitrogens with one attached hydrogen (secondary N) is 1. The number of nitrogens with zero attached hydrogens (tertiary/aromatic N) is 2. The standard InChI is InChI=1S/C23H37N3O4/c1-2-13-29-22(4-1)18-30-21-7-11-26(12-8-21)23(25-16-19-9-15-27-17-19)24-10-6-20-5-3-14-28-20/h3,5,14,19,21-22H,1-2,4,6-13,15-18H2,(H,24,25). The second kappa shape index (κ2) is 11.7. The van der Waals surface area contributed by atoms with Crippen LogP contribution in [0.5, 0.6) is 0 Å². The van der Waals surface area contributed by atoms with Gasteiger partial charge in [-0.15, -0.1) is 0 Å². The van der Waals surface area contributed by atoms with Crippen LogP contribution >= 0.6 is 0 Å². The van der Waals surface area contributed by atoms with Crippen LogP contribution in [0.3, 0.4) is 0 Å². The molecule has 0 aliphatic carbocycles. The first-order valence-electron chi connectivity index (χ1n) is 11.7. The van der Waals surface area contributed by atoms with Gasteiger partial charge < -0.3 is 28.8 Å². The summed E-state index contributed by atoms with van der Waals surface area (Å²) in [7, 11) is 0. The monoisotopic (exact) mass is 419 g/mol. The molecule has 2 unspecified atom stereocenters. The largest absolute Gasteiger partial charge is 0.469 e. The maximum atomic E-state index is 6.18. The third kappa shape index (κ3) is 6.72. The van der Waals surface area contributed by atoms with Gasteiger partial charge >= 0.3 is 0 Å². The zero-order valence-corrected chi connectivity index (χ0v) is 18.1. The Morgan fingerprint density at radius 1 is 1.17 bits per heavy atom. The van der Waals surface area contributed by atoms with Crippen LogP contribution in [0.15, 0.2) is 27.8 Å². The van der Waals surface area contributed by atoms with Crippen LogP contribution in [0.2, 0.25) is 0 Å². The van der Waals surface area contributed by atoms with E-state index in [-0.39, 0.29) is 0 Å². The van der Waals surface area contributed by atoms with Crippen molar-refractivity contribution in [3.05, 3.63) is 24.2 Å². The van der Waals surface area contributed by atoms with Crippen LogP contribution in [-0.2, 0) is 20.6 Å². The summed E-state index contributed by atoms with van der Waals surface area (Å²) >= 11 is 0. The van der Waals surface area contributed by atoms with Gasteiger partial charge in [-0.3, -0.25) is 4.99 Å². The van der Waals surface area contributed by atoms with Crippen molar-refractivity contribution in [1.29, 1.82) is 0 Å². The molecule has 3 aliphatic rings. The van der Waals surface area contributed by atoms with Gasteiger partial charge in [0, 0.05) is 51.7 Å². The summed E-state index contributed by atoms with van der Waals surface area (Å²) in [5.41, 5.74) is 0. The van der Waals surface area contributed by atoms with Gasteiger partial charge in [0.15, 0.2) is 5.96 Å². The minimum Gasteiger partial charge on any atom is -0.469 e. The fourth-order valence-electron chi connectivity index (χ4n) is 4.38. The van der Waals surface area contributed by atoms with Crippen molar-refractivity contribution in [3.8, 4) is 0 Å². The minimum atomic E-state index is 0.297. The fraction of sp³-hybridized carbons (Fsp3) is 0.783. The molecule has 3 aliphatic heterocycles. The van der Waals surface area contributed by atoms with E-state index in [0.29, 0.717) is 18.1 Å². The molecule has 7 heteroatoms. The molecule has 0 radical (unpaired) electrons. The number of hydrogen-bond acceptors (Lipinski definition) is 5. The number of rotatable bonds is 8. The molecule has 30 heavy (non-hydrogen) atoms. The first kappa shape index (κ1) is 21.7. The number of hydrogen-bond donors (Lipinski definition) is 1. The predicted octanol–water partition coefficient (Wildman–Crippen LogP) is 2.85. The Bertz CT molecular complexity index is 616. The van der Waals surface area contributed by atoms with Crippen molar-refractivity contribution in [3.63, 3.8) is 0 Å². The van der Waals surface area contributed by atoms with Crippen LogP contribution in [0.25, 0.3) is 0 Å². The van der Waals surface area contributed by atoms with Crippen LogP contribution in [0, 0.1) is 5.92 Å². The van der Waals surface area contributed by atoms with Crippen molar-refractivity contribution in [2.45, 2.75) is 57.2 Å². The van der Waals surface area contributed by atoms with Crippen LogP contribution in [0.4, 0.5) is 0 Å². The van der Waals surface area contributed by atoms with Gasteiger partial charge in [0.25, 0.3) is 0 Å². The maximum Gasteiger partial charge on any atom is 0.193 e.